The first-order chi connectivity index (χ1) is 21.3. The molecule has 242 valence electrons. The molecule has 1 saturated carbocycles. The van der Waals surface area contributed by atoms with Crippen molar-refractivity contribution in [3.8, 4) is 0 Å². The van der Waals surface area contributed by atoms with Crippen molar-refractivity contribution in [1.29, 1.82) is 0 Å². The number of rotatable bonds is 11. The summed E-state index contributed by atoms with van der Waals surface area (Å²) in [7, 11) is 0. The van der Waals surface area contributed by atoms with E-state index >= 15 is 0 Å². The van der Waals surface area contributed by atoms with Crippen LogP contribution in [0.2, 0.25) is 0 Å². The molecule has 5 heterocycles. The lowest BCUT2D eigenvalue weighted by Gasteiger charge is -2.47. The first-order valence-corrected chi connectivity index (χ1v) is 18.6. The number of anilines is 2. The molecule has 6 rings (SSSR count). The van der Waals surface area contributed by atoms with Gasteiger partial charge in [-0.3, -0.25) is 4.90 Å². The van der Waals surface area contributed by atoms with Crippen LogP contribution in [0, 0.1) is 11.8 Å². The minimum atomic E-state index is 0.426. The first-order valence-electron chi connectivity index (χ1n) is 18.6. The number of likely N-dealkylation sites (tertiary alicyclic amines) is 1. The summed E-state index contributed by atoms with van der Waals surface area (Å²) in [5.41, 5.74) is 0. The van der Waals surface area contributed by atoms with Gasteiger partial charge in [-0.05, 0) is 128 Å². The molecule has 8 nitrogen and oxygen atoms in total. The van der Waals surface area contributed by atoms with Crippen molar-refractivity contribution >= 4 is 11.8 Å². The fourth-order valence-corrected chi connectivity index (χ4v) is 8.98. The van der Waals surface area contributed by atoms with E-state index in [-0.39, 0.29) is 0 Å². The van der Waals surface area contributed by atoms with Gasteiger partial charge in [-0.2, -0.15) is 4.98 Å². The maximum absolute atomic E-state index is 5.12. The largest absolute Gasteiger partial charge is 0.356 e. The van der Waals surface area contributed by atoms with Crippen molar-refractivity contribution in [1.82, 2.24) is 30.4 Å². The fraction of sp³-hybridized carbons (Fsp3) is 0.886. The molecule has 1 aromatic heterocycles. The molecule has 8 heteroatoms. The Morgan fingerprint density at radius 2 is 1.40 bits per heavy atom. The fourth-order valence-electron chi connectivity index (χ4n) is 8.98. The van der Waals surface area contributed by atoms with Gasteiger partial charge in [0, 0.05) is 50.5 Å². The molecule has 1 aliphatic carbocycles. The molecule has 2 unspecified atom stereocenters. The van der Waals surface area contributed by atoms with Crippen LogP contribution in [0.5, 0.6) is 0 Å². The van der Waals surface area contributed by atoms with E-state index in [1.54, 1.807) is 0 Å². The summed E-state index contributed by atoms with van der Waals surface area (Å²) >= 11 is 0. The third kappa shape index (κ3) is 9.27. The summed E-state index contributed by atoms with van der Waals surface area (Å²) in [6.07, 6.45) is 23.4. The maximum atomic E-state index is 5.12. The minimum Gasteiger partial charge on any atom is -0.356 e. The molecule has 43 heavy (non-hydrogen) atoms. The molecule has 0 spiro atoms. The summed E-state index contributed by atoms with van der Waals surface area (Å²) in [6.45, 7) is 12.1. The number of piperidine rings is 3. The molecule has 4 aliphatic heterocycles. The molecule has 5 aliphatic rings. The second-order valence-electron chi connectivity index (χ2n) is 14.6. The zero-order valence-electron chi connectivity index (χ0n) is 27.2. The number of aromatic nitrogens is 2. The highest BCUT2D eigenvalue weighted by Gasteiger charge is 2.37. The second-order valence-corrected chi connectivity index (χ2v) is 14.6. The van der Waals surface area contributed by atoms with Crippen molar-refractivity contribution in [2.45, 2.75) is 121 Å². The quantitative estimate of drug-likeness (QED) is 0.326. The number of hydrogen-bond donors (Lipinski definition) is 3. The van der Waals surface area contributed by atoms with Crippen LogP contribution in [-0.2, 0) is 0 Å². The van der Waals surface area contributed by atoms with Crippen LogP contribution in [0.3, 0.4) is 0 Å². The average molecular weight is 595 g/mol. The smallest absolute Gasteiger partial charge is 0.224 e. The van der Waals surface area contributed by atoms with Crippen molar-refractivity contribution in [2.75, 3.05) is 75.7 Å². The molecule has 2 atom stereocenters. The highest BCUT2D eigenvalue weighted by Crippen LogP contribution is 2.32. The van der Waals surface area contributed by atoms with Crippen LogP contribution in [0.4, 0.5) is 11.8 Å². The van der Waals surface area contributed by atoms with E-state index in [4.69, 9.17) is 9.97 Å². The molecule has 3 N–H and O–H groups in total. The molecule has 1 aromatic rings. The van der Waals surface area contributed by atoms with Crippen LogP contribution in [-0.4, -0.2) is 103 Å². The van der Waals surface area contributed by atoms with Crippen molar-refractivity contribution in [2.24, 2.45) is 11.8 Å². The van der Waals surface area contributed by atoms with Gasteiger partial charge in [0.25, 0.3) is 0 Å². The number of nitrogens with one attached hydrogen (secondary N) is 3. The molecule has 0 radical (unpaired) electrons. The van der Waals surface area contributed by atoms with Crippen LogP contribution >= 0.6 is 0 Å². The minimum absolute atomic E-state index is 0.426. The monoisotopic (exact) mass is 595 g/mol. The van der Waals surface area contributed by atoms with E-state index in [2.05, 4.69) is 36.7 Å². The van der Waals surface area contributed by atoms with Crippen molar-refractivity contribution in [3.05, 3.63) is 12.3 Å². The summed E-state index contributed by atoms with van der Waals surface area (Å²) in [6, 6.07) is 3.87. The van der Waals surface area contributed by atoms with Gasteiger partial charge in [0.1, 0.15) is 5.82 Å². The molecule has 0 aromatic carbocycles. The Labute approximate surface area is 262 Å². The lowest BCUT2D eigenvalue weighted by atomic mass is 9.86. The molecular formula is C35H62N8. The predicted octanol–water partition coefficient (Wildman–Crippen LogP) is 5.13. The lowest BCUT2D eigenvalue weighted by Crippen LogP contribution is -2.56. The predicted molar refractivity (Wildman–Crippen MR) is 179 cm³/mol. The van der Waals surface area contributed by atoms with E-state index in [1.165, 1.54) is 155 Å². The van der Waals surface area contributed by atoms with Gasteiger partial charge >= 0.3 is 0 Å². The Hall–Kier alpha value is -1.48. The molecule has 4 saturated heterocycles. The summed E-state index contributed by atoms with van der Waals surface area (Å²) in [4.78, 5) is 18.3. The topological polar surface area (TPSA) is 71.6 Å². The van der Waals surface area contributed by atoms with Gasteiger partial charge in [-0.15, -0.1) is 0 Å². The Bertz CT molecular complexity index is 898. The molecule has 0 bridgehead atoms. The Morgan fingerprint density at radius 3 is 2.07 bits per heavy atom. The first kappa shape index (κ1) is 31.5. The Balaban J connectivity index is 1.16. The van der Waals surface area contributed by atoms with Gasteiger partial charge < -0.3 is 25.8 Å². The zero-order chi connectivity index (χ0) is 29.1. The van der Waals surface area contributed by atoms with E-state index in [0.29, 0.717) is 12.1 Å². The standard InChI is InChI=1S/C35H62N8/c1-2-7-24-42(23-6-1)34-16-22-38-35(40-34)39-32-11-8-25-43(31-9-4-3-5-10-31)33(32)17-26-41(27-29-12-18-36-19-13-29)28-30-14-20-37-21-15-30/h16,22,29-33,36-37H,1-15,17-21,23-28H2,(H,38,39,40). The third-order valence-electron chi connectivity index (χ3n) is 11.4. The van der Waals surface area contributed by atoms with Crippen molar-refractivity contribution < 1.29 is 0 Å². The maximum Gasteiger partial charge on any atom is 0.224 e. The molecular weight excluding hydrogens is 532 g/mol. The second kappa shape index (κ2) is 16.7. The van der Waals surface area contributed by atoms with Gasteiger partial charge in [-0.1, -0.05) is 32.1 Å². The Kier molecular flexibility index (Phi) is 12.2. The molecule has 5 fully saturated rings. The van der Waals surface area contributed by atoms with Gasteiger partial charge in [0.05, 0.1) is 0 Å². The van der Waals surface area contributed by atoms with Crippen LogP contribution in [0.1, 0.15) is 103 Å². The Morgan fingerprint density at radius 1 is 0.744 bits per heavy atom. The highest BCUT2D eigenvalue weighted by molar-refractivity contribution is 5.43. The van der Waals surface area contributed by atoms with Crippen LogP contribution < -0.4 is 20.9 Å². The zero-order valence-corrected chi connectivity index (χ0v) is 27.2. The summed E-state index contributed by atoms with van der Waals surface area (Å²) in [5, 5.41) is 11.1. The SMILES string of the molecule is c1cc(N2CCCCCC2)nc(NC2CCCN(C3CCCCC3)C2CCN(CC2CCNCC2)CC2CCNCC2)n1. The van der Waals surface area contributed by atoms with Gasteiger partial charge in [-0.25, -0.2) is 4.98 Å². The number of hydrogen-bond acceptors (Lipinski definition) is 8. The van der Waals surface area contributed by atoms with E-state index in [1.807, 2.05) is 6.20 Å². The van der Waals surface area contributed by atoms with Gasteiger partial charge in [0.2, 0.25) is 5.95 Å². The normalized spacial score (nSPS) is 27.8. The number of nitrogens with zero attached hydrogens (tertiary/aromatic N) is 5. The lowest BCUT2D eigenvalue weighted by molar-refractivity contribution is 0.0494. The summed E-state index contributed by atoms with van der Waals surface area (Å²) < 4.78 is 0. The van der Waals surface area contributed by atoms with E-state index in [9.17, 15) is 0 Å². The average Bonchev–Trinajstić information content (AvgIpc) is 3.35. The third-order valence-corrected chi connectivity index (χ3v) is 11.4. The van der Waals surface area contributed by atoms with E-state index < -0.39 is 0 Å². The highest BCUT2D eigenvalue weighted by atomic mass is 15.3. The molecule has 0 amide bonds. The van der Waals surface area contributed by atoms with Gasteiger partial charge in [0.15, 0.2) is 0 Å². The van der Waals surface area contributed by atoms with Crippen LogP contribution in [0.25, 0.3) is 0 Å². The summed E-state index contributed by atoms with van der Waals surface area (Å²) in [5.74, 6) is 3.68. The van der Waals surface area contributed by atoms with E-state index in [0.717, 1.165) is 42.7 Å². The van der Waals surface area contributed by atoms with Crippen molar-refractivity contribution in [3.63, 3.8) is 0 Å². The van der Waals surface area contributed by atoms with Crippen LogP contribution in [0.15, 0.2) is 12.3 Å².